The minimum absolute atomic E-state index is 0.0151. The van der Waals surface area contributed by atoms with E-state index in [0.717, 1.165) is 34.9 Å². The number of carbonyl (C=O) groups excluding carboxylic acids is 2. The van der Waals surface area contributed by atoms with Crippen LogP contribution >= 0.6 is 15.9 Å². The number of fused-ring (bicyclic) bond motifs is 5. The number of rotatable bonds is 2. The summed E-state index contributed by atoms with van der Waals surface area (Å²) in [6, 6.07) is 5.93. The first-order valence-electron chi connectivity index (χ1n) is 7.63. The third-order valence-electron chi connectivity index (χ3n) is 5.30. The third-order valence-corrected chi connectivity index (χ3v) is 5.79. The predicted octanol–water partition coefficient (Wildman–Crippen LogP) is 3.04. The van der Waals surface area contributed by atoms with Crippen molar-refractivity contribution < 1.29 is 14.3 Å². The fraction of sp³-hybridized carbons (Fsp3) is 0.529. The lowest BCUT2D eigenvalue weighted by Crippen LogP contribution is -2.29. The van der Waals surface area contributed by atoms with Crippen LogP contribution in [-0.2, 0) is 20.7 Å². The fourth-order valence-electron chi connectivity index (χ4n) is 4.39. The Morgan fingerprint density at radius 2 is 1.76 bits per heavy atom. The third kappa shape index (κ3) is 1.82. The van der Waals surface area contributed by atoms with Gasteiger partial charge in [-0.3, -0.25) is 9.59 Å². The summed E-state index contributed by atoms with van der Waals surface area (Å²) < 4.78 is 6.72. The maximum Gasteiger partial charge on any atom is 0.154 e. The highest BCUT2D eigenvalue weighted by Gasteiger charge is 2.63. The summed E-state index contributed by atoms with van der Waals surface area (Å²) >= 11 is 3.46. The maximum atomic E-state index is 12.9. The first-order chi connectivity index (χ1) is 10.1. The molecule has 4 atom stereocenters. The molecule has 3 nitrogen and oxygen atoms in total. The molecule has 0 aromatic heterocycles. The van der Waals surface area contributed by atoms with E-state index in [2.05, 4.69) is 22.9 Å². The average Bonchev–Trinajstić information content (AvgIpc) is 3.13. The molecule has 2 heterocycles. The van der Waals surface area contributed by atoms with E-state index in [4.69, 9.17) is 4.74 Å². The van der Waals surface area contributed by atoms with E-state index in [-0.39, 0.29) is 35.6 Å². The molecule has 0 radical (unpaired) electrons. The van der Waals surface area contributed by atoms with Gasteiger partial charge in [0.05, 0.1) is 24.0 Å². The van der Waals surface area contributed by atoms with E-state index in [1.54, 1.807) is 0 Å². The fourth-order valence-corrected chi connectivity index (χ4v) is 4.77. The number of halogens is 1. The summed E-state index contributed by atoms with van der Waals surface area (Å²) in [5, 5.41) is 0. The highest BCUT2D eigenvalue weighted by molar-refractivity contribution is 9.10. The van der Waals surface area contributed by atoms with E-state index in [9.17, 15) is 9.59 Å². The molecule has 4 unspecified atom stereocenters. The number of benzene rings is 1. The number of carbonyl (C=O) groups is 2. The average molecular weight is 349 g/mol. The van der Waals surface area contributed by atoms with Gasteiger partial charge in [0.15, 0.2) is 11.6 Å². The standard InChI is InChI=1S/C17H17BrO3/c1-2-8-3-4-9(18)7-10(8)13-16(19)14-11-5-6-12(21-11)15(14)17(13)20/h3-4,7,11-15H,2,5-6H2,1H3. The maximum absolute atomic E-state index is 12.9. The van der Waals surface area contributed by atoms with Gasteiger partial charge in [0, 0.05) is 4.47 Å². The molecule has 2 aliphatic heterocycles. The van der Waals surface area contributed by atoms with Crippen LogP contribution in [0.2, 0.25) is 0 Å². The SMILES string of the molecule is CCc1ccc(Br)cc1C1C(=O)C2C3CCC(O3)C2C1=O. The second-order valence-electron chi connectivity index (χ2n) is 6.28. The predicted molar refractivity (Wildman–Crippen MR) is 81.2 cm³/mol. The number of Topliss-reactive ketones (excluding diaryl/α,β-unsaturated/α-hetero) is 2. The van der Waals surface area contributed by atoms with Crippen LogP contribution in [0, 0.1) is 11.8 Å². The molecule has 1 aliphatic carbocycles. The van der Waals surface area contributed by atoms with E-state index in [1.807, 2.05) is 18.2 Å². The molecule has 3 fully saturated rings. The summed E-state index contributed by atoms with van der Waals surface area (Å²) in [6.07, 6.45) is 2.66. The summed E-state index contributed by atoms with van der Waals surface area (Å²) in [5.41, 5.74) is 1.99. The lowest BCUT2D eigenvalue weighted by molar-refractivity contribution is -0.127. The van der Waals surface area contributed by atoms with Gasteiger partial charge in [-0.25, -0.2) is 0 Å². The molecule has 2 saturated heterocycles. The van der Waals surface area contributed by atoms with Crippen molar-refractivity contribution in [3.63, 3.8) is 0 Å². The second kappa shape index (κ2) is 4.75. The molecule has 110 valence electrons. The lowest BCUT2D eigenvalue weighted by Gasteiger charge is -2.16. The molecule has 4 heteroatoms. The minimum Gasteiger partial charge on any atom is -0.373 e. The Hall–Kier alpha value is -1.00. The summed E-state index contributed by atoms with van der Waals surface area (Å²) in [7, 11) is 0. The van der Waals surface area contributed by atoms with Crippen LogP contribution in [0.25, 0.3) is 0 Å². The van der Waals surface area contributed by atoms with Gasteiger partial charge < -0.3 is 4.74 Å². The van der Waals surface area contributed by atoms with Gasteiger partial charge in [-0.15, -0.1) is 0 Å². The minimum atomic E-state index is -0.570. The molecule has 0 spiro atoms. The summed E-state index contributed by atoms with van der Waals surface area (Å²) in [4.78, 5) is 25.7. The van der Waals surface area contributed by atoms with E-state index in [0.29, 0.717) is 0 Å². The Labute approximate surface area is 132 Å². The molecule has 2 bridgehead atoms. The van der Waals surface area contributed by atoms with Crippen LogP contribution in [0.5, 0.6) is 0 Å². The molecule has 1 aromatic rings. The van der Waals surface area contributed by atoms with Crippen molar-refractivity contribution in [2.45, 2.75) is 44.3 Å². The summed E-state index contributed by atoms with van der Waals surface area (Å²) in [5.74, 6) is -0.774. The van der Waals surface area contributed by atoms with Crippen LogP contribution in [0.4, 0.5) is 0 Å². The molecular weight excluding hydrogens is 332 g/mol. The largest absolute Gasteiger partial charge is 0.373 e. The highest BCUT2D eigenvalue weighted by atomic mass is 79.9. The zero-order chi connectivity index (χ0) is 14.7. The van der Waals surface area contributed by atoms with Crippen molar-refractivity contribution in [3.8, 4) is 0 Å². The number of aryl methyl sites for hydroxylation is 1. The number of hydrogen-bond acceptors (Lipinski definition) is 3. The Morgan fingerprint density at radius 3 is 2.33 bits per heavy atom. The second-order valence-corrected chi connectivity index (χ2v) is 7.19. The number of ether oxygens (including phenoxy) is 1. The van der Waals surface area contributed by atoms with Crippen molar-refractivity contribution in [2.24, 2.45) is 11.8 Å². The van der Waals surface area contributed by atoms with Crippen molar-refractivity contribution in [2.75, 3.05) is 0 Å². The smallest absolute Gasteiger partial charge is 0.154 e. The van der Waals surface area contributed by atoms with Gasteiger partial charge in [0.2, 0.25) is 0 Å². The monoisotopic (exact) mass is 348 g/mol. The van der Waals surface area contributed by atoms with Crippen LogP contribution in [0.3, 0.4) is 0 Å². The Bertz CT molecular complexity index is 611. The van der Waals surface area contributed by atoms with E-state index < -0.39 is 5.92 Å². The van der Waals surface area contributed by atoms with Crippen molar-refractivity contribution >= 4 is 27.5 Å². The normalized spacial score (nSPS) is 37.3. The van der Waals surface area contributed by atoms with Crippen molar-refractivity contribution in [1.29, 1.82) is 0 Å². The molecule has 1 aromatic carbocycles. The van der Waals surface area contributed by atoms with E-state index in [1.165, 1.54) is 0 Å². The first-order valence-corrected chi connectivity index (χ1v) is 8.42. The highest BCUT2D eigenvalue weighted by Crippen LogP contribution is 2.52. The van der Waals surface area contributed by atoms with Gasteiger partial charge in [-0.05, 0) is 42.5 Å². The summed E-state index contributed by atoms with van der Waals surface area (Å²) in [6.45, 7) is 2.06. The zero-order valence-electron chi connectivity index (χ0n) is 11.8. The van der Waals surface area contributed by atoms with Gasteiger partial charge in [-0.1, -0.05) is 28.9 Å². The number of ketones is 2. The lowest BCUT2D eigenvalue weighted by atomic mass is 9.81. The van der Waals surface area contributed by atoms with Gasteiger partial charge >= 0.3 is 0 Å². The topological polar surface area (TPSA) is 43.4 Å². The van der Waals surface area contributed by atoms with Crippen molar-refractivity contribution in [1.82, 2.24) is 0 Å². The Morgan fingerprint density at radius 1 is 1.14 bits per heavy atom. The number of hydrogen-bond donors (Lipinski definition) is 0. The molecule has 21 heavy (non-hydrogen) atoms. The van der Waals surface area contributed by atoms with Crippen LogP contribution in [0.1, 0.15) is 36.8 Å². The molecule has 0 amide bonds. The quantitative estimate of drug-likeness (QED) is 0.771. The molecular formula is C17H17BrO3. The van der Waals surface area contributed by atoms with Gasteiger partial charge in [0.25, 0.3) is 0 Å². The van der Waals surface area contributed by atoms with Crippen LogP contribution in [0.15, 0.2) is 22.7 Å². The van der Waals surface area contributed by atoms with Crippen LogP contribution < -0.4 is 0 Å². The molecule has 3 aliphatic rings. The Kier molecular flexibility index (Phi) is 3.09. The zero-order valence-corrected chi connectivity index (χ0v) is 13.4. The molecule has 4 rings (SSSR count). The first kappa shape index (κ1) is 13.6. The van der Waals surface area contributed by atoms with Gasteiger partial charge in [-0.2, -0.15) is 0 Å². The van der Waals surface area contributed by atoms with Crippen LogP contribution in [-0.4, -0.2) is 23.8 Å². The molecule has 1 saturated carbocycles. The van der Waals surface area contributed by atoms with E-state index >= 15 is 0 Å². The van der Waals surface area contributed by atoms with Gasteiger partial charge in [0.1, 0.15) is 5.92 Å². The molecule has 0 N–H and O–H groups in total. The Balaban J connectivity index is 1.78. The van der Waals surface area contributed by atoms with Crippen molar-refractivity contribution in [3.05, 3.63) is 33.8 Å².